The average Bonchev–Trinajstić information content (AvgIpc) is 2.53. The predicted molar refractivity (Wildman–Crippen MR) is 77.3 cm³/mol. The van der Waals surface area contributed by atoms with Crippen molar-refractivity contribution in [2.24, 2.45) is 0 Å². The van der Waals surface area contributed by atoms with Gasteiger partial charge < -0.3 is 19.5 Å². The highest BCUT2D eigenvalue weighted by atomic mass is 16.5. The fourth-order valence-electron chi connectivity index (χ4n) is 2.74. The van der Waals surface area contributed by atoms with Gasteiger partial charge in [-0.05, 0) is 17.7 Å². The van der Waals surface area contributed by atoms with Gasteiger partial charge in [0.25, 0.3) is 0 Å². The smallest absolute Gasteiger partial charge is 0.142 e. The van der Waals surface area contributed by atoms with Gasteiger partial charge in [-0.2, -0.15) is 0 Å². The van der Waals surface area contributed by atoms with Gasteiger partial charge in [0.05, 0.1) is 32.1 Å². The zero-order valence-electron chi connectivity index (χ0n) is 11.8. The summed E-state index contributed by atoms with van der Waals surface area (Å²) in [4.78, 5) is 4.79. The van der Waals surface area contributed by atoms with Crippen molar-refractivity contribution in [2.75, 3.05) is 57.4 Å². The second-order valence-corrected chi connectivity index (χ2v) is 5.25. The van der Waals surface area contributed by atoms with Crippen LogP contribution < -0.4 is 9.64 Å². The Bertz CT molecular complexity index is 447. The minimum atomic E-state index is 0.0740. The Labute approximate surface area is 119 Å². The van der Waals surface area contributed by atoms with E-state index in [1.54, 1.807) is 0 Å². The van der Waals surface area contributed by atoms with Crippen LogP contribution in [0.4, 0.5) is 5.69 Å². The molecule has 0 bridgehead atoms. The lowest BCUT2D eigenvalue weighted by Gasteiger charge is -2.34. The lowest BCUT2D eigenvalue weighted by atomic mass is 10.1. The van der Waals surface area contributed by atoms with Crippen LogP contribution in [-0.4, -0.2) is 62.6 Å². The number of hydrogen-bond donors (Lipinski definition) is 1. The van der Waals surface area contributed by atoms with Crippen LogP contribution in [0.5, 0.6) is 5.75 Å². The fraction of sp³-hybridized carbons (Fsp3) is 0.600. The Morgan fingerprint density at radius 3 is 2.70 bits per heavy atom. The number of hydrogen-bond acceptors (Lipinski definition) is 5. The van der Waals surface area contributed by atoms with Crippen LogP contribution in [0.2, 0.25) is 0 Å². The molecule has 1 aromatic rings. The summed E-state index contributed by atoms with van der Waals surface area (Å²) in [6, 6.07) is 5.92. The Kier molecular flexibility index (Phi) is 4.40. The second-order valence-electron chi connectivity index (χ2n) is 5.25. The predicted octanol–water partition coefficient (Wildman–Crippen LogP) is 0.710. The van der Waals surface area contributed by atoms with E-state index in [9.17, 15) is 5.11 Å². The summed E-state index contributed by atoms with van der Waals surface area (Å²) in [5.41, 5.74) is 2.04. The lowest BCUT2D eigenvalue weighted by Crippen LogP contribution is -2.43. The van der Waals surface area contributed by atoms with E-state index in [0.29, 0.717) is 0 Å². The first-order chi connectivity index (χ1) is 9.86. The number of rotatable bonds is 4. The maximum absolute atomic E-state index is 9.28. The summed E-state index contributed by atoms with van der Waals surface area (Å²) < 4.78 is 11.1. The molecule has 2 aliphatic heterocycles. The van der Waals surface area contributed by atoms with Gasteiger partial charge >= 0.3 is 0 Å². The first-order valence-corrected chi connectivity index (χ1v) is 7.28. The lowest BCUT2D eigenvalue weighted by molar-refractivity contribution is 0.0390. The van der Waals surface area contributed by atoms with Crippen molar-refractivity contribution in [1.29, 1.82) is 0 Å². The van der Waals surface area contributed by atoms with Crippen molar-refractivity contribution in [1.82, 2.24) is 4.90 Å². The molecule has 110 valence electrons. The molecule has 2 aliphatic rings. The number of fused-ring (bicyclic) bond motifs is 1. The molecule has 0 aliphatic carbocycles. The van der Waals surface area contributed by atoms with Crippen molar-refractivity contribution in [3.05, 3.63) is 23.8 Å². The van der Waals surface area contributed by atoms with E-state index in [-0.39, 0.29) is 6.61 Å². The third kappa shape index (κ3) is 3.06. The molecule has 0 spiro atoms. The summed E-state index contributed by atoms with van der Waals surface area (Å²) in [5, 5.41) is 9.28. The van der Waals surface area contributed by atoms with Gasteiger partial charge in [-0.3, -0.25) is 4.90 Å². The molecule has 3 rings (SSSR count). The molecule has 0 atom stereocenters. The van der Waals surface area contributed by atoms with Gasteiger partial charge in [-0.1, -0.05) is 6.07 Å². The number of anilines is 1. The van der Waals surface area contributed by atoms with E-state index in [0.717, 1.165) is 69.5 Å². The van der Waals surface area contributed by atoms with E-state index in [1.807, 2.05) is 18.2 Å². The number of aliphatic hydroxyl groups is 1. The quantitative estimate of drug-likeness (QED) is 0.879. The largest absolute Gasteiger partial charge is 0.490 e. The van der Waals surface area contributed by atoms with Crippen molar-refractivity contribution in [2.45, 2.75) is 6.61 Å². The maximum atomic E-state index is 9.28. The monoisotopic (exact) mass is 278 g/mol. The Hall–Kier alpha value is -1.30. The maximum Gasteiger partial charge on any atom is 0.142 e. The van der Waals surface area contributed by atoms with Crippen molar-refractivity contribution >= 4 is 5.69 Å². The molecule has 1 fully saturated rings. The zero-order chi connectivity index (χ0) is 13.8. The number of aliphatic hydroxyl groups excluding tert-OH is 1. The fourth-order valence-corrected chi connectivity index (χ4v) is 2.74. The number of benzene rings is 1. The van der Waals surface area contributed by atoms with Crippen LogP contribution in [0.15, 0.2) is 18.2 Å². The highest BCUT2D eigenvalue weighted by Gasteiger charge is 2.19. The first-order valence-electron chi connectivity index (χ1n) is 7.28. The summed E-state index contributed by atoms with van der Waals surface area (Å²) in [6.45, 7) is 7.48. The summed E-state index contributed by atoms with van der Waals surface area (Å²) in [5.74, 6) is 0.926. The molecular formula is C15H22N2O3. The second kappa shape index (κ2) is 6.43. The normalized spacial score (nSPS) is 19.6. The molecule has 0 aromatic heterocycles. The van der Waals surface area contributed by atoms with Crippen molar-refractivity contribution < 1.29 is 14.6 Å². The zero-order valence-corrected chi connectivity index (χ0v) is 11.8. The molecule has 2 heterocycles. The van der Waals surface area contributed by atoms with Gasteiger partial charge in [-0.25, -0.2) is 0 Å². The molecule has 5 heteroatoms. The van der Waals surface area contributed by atoms with Crippen LogP contribution in [0.25, 0.3) is 0 Å². The third-order valence-electron chi connectivity index (χ3n) is 3.96. The standard InChI is InChI=1S/C15H22N2O3/c18-12-13-1-2-15-14(11-13)17(7-10-20-15)4-3-16-5-8-19-9-6-16/h1-2,11,18H,3-10,12H2. The molecule has 0 radical (unpaired) electrons. The SMILES string of the molecule is OCc1ccc2c(c1)N(CCN1CCOCC1)CCO2. The Morgan fingerprint density at radius 1 is 1.05 bits per heavy atom. The highest BCUT2D eigenvalue weighted by Crippen LogP contribution is 2.32. The summed E-state index contributed by atoms with van der Waals surface area (Å²) in [6.07, 6.45) is 0. The molecule has 20 heavy (non-hydrogen) atoms. The molecular weight excluding hydrogens is 256 g/mol. The van der Waals surface area contributed by atoms with Gasteiger partial charge in [0.15, 0.2) is 0 Å². The molecule has 1 N–H and O–H groups in total. The Balaban J connectivity index is 1.65. The van der Waals surface area contributed by atoms with Crippen LogP contribution in [0.1, 0.15) is 5.56 Å². The average molecular weight is 278 g/mol. The molecule has 5 nitrogen and oxygen atoms in total. The van der Waals surface area contributed by atoms with Gasteiger partial charge in [-0.15, -0.1) is 0 Å². The van der Waals surface area contributed by atoms with Gasteiger partial charge in [0.1, 0.15) is 12.4 Å². The minimum Gasteiger partial charge on any atom is -0.490 e. The van der Waals surface area contributed by atoms with Crippen LogP contribution >= 0.6 is 0 Å². The van der Waals surface area contributed by atoms with E-state index in [4.69, 9.17) is 9.47 Å². The molecule has 0 unspecified atom stereocenters. The van der Waals surface area contributed by atoms with E-state index < -0.39 is 0 Å². The van der Waals surface area contributed by atoms with Gasteiger partial charge in [0, 0.05) is 26.2 Å². The van der Waals surface area contributed by atoms with Crippen molar-refractivity contribution in [3.63, 3.8) is 0 Å². The van der Waals surface area contributed by atoms with Crippen LogP contribution in [-0.2, 0) is 11.3 Å². The Morgan fingerprint density at radius 2 is 1.90 bits per heavy atom. The summed E-state index contributed by atoms with van der Waals surface area (Å²) >= 11 is 0. The first kappa shape index (κ1) is 13.7. The molecule has 1 aromatic carbocycles. The minimum absolute atomic E-state index is 0.0740. The van der Waals surface area contributed by atoms with E-state index >= 15 is 0 Å². The number of morpholine rings is 1. The van der Waals surface area contributed by atoms with Crippen molar-refractivity contribution in [3.8, 4) is 5.75 Å². The summed E-state index contributed by atoms with van der Waals surface area (Å²) in [7, 11) is 0. The molecule has 1 saturated heterocycles. The van der Waals surface area contributed by atoms with E-state index in [1.165, 1.54) is 0 Å². The topological polar surface area (TPSA) is 45.2 Å². The molecule has 0 saturated carbocycles. The van der Waals surface area contributed by atoms with E-state index in [2.05, 4.69) is 9.80 Å². The highest BCUT2D eigenvalue weighted by molar-refractivity contribution is 5.61. The van der Waals surface area contributed by atoms with Gasteiger partial charge in [0.2, 0.25) is 0 Å². The number of ether oxygens (including phenoxy) is 2. The third-order valence-corrected chi connectivity index (χ3v) is 3.96. The van der Waals surface area contributed by atoms with Crippen LogP contribution in [0, 0.1) is 0 Å². The molecule has 0 amide bonds. The number of nitrogens with zero attached hydrogens (tertiary/aromatic N) is 2. The van der Waals surface area contributed by atoms with Crippen LogP contribution in [0.3, 0.4) is 0 Å².